The molecule has 0 aromatic heterocycles. The van der Waals surface area contributed by atoms with Gasteiger partial charge in [0.15, 0.2) is 0 Å². The van der Waals surface area contributed by atoms with E-state index in [1.165, 1.54) is 0 Å². The first-order chi connectivity index (χ1) is 15.0. The molecule has 3 rings (SSSR count). The molecule has 0 heterocycles. The number of benzene rings is 2. The normalized spacial score (nSPS) is 15.3. The van der Waals surface area contributed by atoms with Crippen LogP contribution in [0.2, 0.25) is 0 Å². The number of para-hydroxylation sites is 1. The Morgan fingerprint density at radius 2 is 1.71 bits per heavy atom. The zero-order valence-electron chi connectivity index (χ0n) is 18.1. The third-order valence-corrected chi connectivity index (χ3v) is 5.69. The molecule has 31 heavy (non-hydrogen) atoms. The molecular weight excluding hydrogens is 392 g/mol. The number of nitrogens with one attached hydrogen (secondary N) is 2. The first-order valence-corrected chi connectivity index (χ1v) is 10.7. The molecule has 3 N–H and O–H groups in total. The van der Waals surface area contributed by atoms with Crippen molar-refractivity contribution in [3.05, 3.63) is 65.7 Å². The number of carbonyl (C=O) groups excluding carboxylic acids is 1. The fourth-order valence-electron chi connectivity index (χ4n) is 4.07. The molecule has 2 aromatic rings. The molecule has 0 fully saturated rings. The van der Waals surface area contributed by atoms with E-state index in [4.69, 9.17) is 4.74 Å². The van der Waals surface area contributed by atoms with E-state index in [9.17, 15) is 14.7 Å². The monoisotopic (exact) mass is 422 g/mol. The van der Waals surface area contributed by atoms with Gasteiger partial charge < -0.3 is 20.5 Å². The third kappa shape index (κ3) is 6.10. The van der Waals surface area contributed by atoms with Crippen molar-refractivity contribution in [3.8, 4) is 5.75 Å². The largest absolute Gasteiger partial charge is 0.497 e. The lowest BCUT2D eigenvalue weighted by atomic mass is 9.88. The molecule has 0 aliphatic heterocycles. The lowest BCUT2D eigenvalue weighted by Gasteiger charge is -2.22. The summed E-state index contributed by atoms with van der Waals surface area (Å²) in [5, 5.41) is 16.0. The lowest BCUT2D eigenvalue weighted by molar-refractivity contribution is -0.132. The molecule has 0 spiro atoms. The van der Waals surface area contributed by atoms with Crippen molar-refractivity contribution in [1.29, 1.82) is 0 Å². The number of amides is 1. The van der Waals surface area contributed by atoms with Crippen LogP contribution in [0.3, 0.4) is 0 Å². The van der Waals surface area contributed by atoms with Crippen molar-refractivity contribution in [2.24, 2.45) is 5.92 Å². The van der Waals surface area contributed by atoms with Gasteiger partial charge in [-0.1, -0.05) is 18.2 Å². The molecule has 164 valence electrons. The van der Waals surface area contributed by atoms with E-state index in [1.54, 1.807) is 7.11 Å². The summed E-state index contributed by atoms with van der Waals surface area (Å²) in [5.74, 6) is -0.702. The number of carboxylic acid groups (broad SMARTS) is 1. The SMILES string of the molecule is COc1ccc(NC(C)CCC(C(=O)Nc2ccccc2)C2=C(C(=O)O)CCC2)cc1. The van der Waals surface area contributed by atoms with E-state index in [0.717, 1.165) is 35.5 Å². The molecule has 2 atom stereocenters. The number of carbonyl (C=O) groups is 2. The van der Waals surface area contributed by atoms with E-state index in [0.29, 0.717) is 24.8 Å². The Morgan fingerprint density at radius 3 is 2.35 bits per heavy atom. The van der Waals surface area contributed by atoms with Crippen LogP contribution in [0, 0.1) is 5.92 Å². The van der Waals surface area contributed by atoms with Gasteiger partial charge in [0.05, 0.1) is 13.0 Å². The number of carboxylic acids is 1. The first-order valence-electron chi connectivity index (χ1n) is 10.7. The van der Waals surface area contributed by atoms with Crippen LogP contribution in [0.5, 0.6) is 5.75 Å². The minimum atomic E-state index is -0.908. The van der Waals surface area contributed by atoms with Crippen molar-refractivity contribution in [2.45, 2.75) is 45.1 Å². The number of hydrogen-bond acceptors (Lipinski definition) is 4. The summed E-state index contributed by atoms with van der Waals surface area (Å²) in [7, 11) is 1.63. The molecule has 2 unspecified atom stereocenters. The third-order valence-electron chi connectivity index (χ3n) is 5.69. The average molecular weight is 423 g/mol. The molecular formula is C25H30N2O4. The maximum Gasteiger partial charge on any atom is 0.331 e. The van der Waals surface area contributed by atoms with Crippen molar-refractivity contribution in [2.75, 3.05) is 17.7 Å². The van der Waals surface area contributed by atoms with Gasteiger partial charge in [-0.25, -0.2) is 4.79 Å². The zero-order chi connectivity index (χ0) is 22.2. The summed E-state index contributed by atoms with van der Waals surface area (Å²) >= 11 is 0. The van der Waals surface area contributed by atoms with Gasteiger partial charge in [-0.3, -0.25) is 4.79 Å². The molecule has 1 aliphatic carbocycles. The molecule has 0 bridgehead atoms. The van der Waals surface area contributed by atoms with Crippen molar-refractivity contribution < 1.29 is 19.4 Å². The lowest BCUT2D eigenvalue weighted by Crippen LogP contribution is -2.27. The molecule has 0 saturated carbocycles. The number of methoxy groups -OCH3 is 1. The van der Waals surface area contributed by atoms with Gasteiger partial charge in [-0.05, 0) is 81.0 Å². The molecule has 2 aromatic carbocycles. The summed E-state index contributed by atoms with van der Waals surface area (Å²) in [6, 6.07) is 17.1. The predicted molar refractivity (Wildman–Crippen MR) is 122 cm³/mol. The summed E-state index contributed by atoms with van der Waals surface area (Å²) < 4.78 is 5.19. The van der Waals surface area contributed by atoms with E-state index >= 15 is 0 Å². The Morgan fingerprint density at radius 1 is 1.00 bits per heavy atom. The average Bonchev–Trinajstić information content (AvgIpc) is 3.25. The van der Waals surface area contributed by atoms with Crippen LogP contribution in [0.1, 0.15) is 39.0 Å². The Balaban J connectivity index is 1.70. The quantitative estimate of drug-likeness (QED) is 0.496. The number of anilines is 2. The van der Waals surface area contributed by atoms with Crippen LogP contribution < -0.4 is 15.4 Å². The maximum atomic E-state index is 13.1. The standard InChI is InChI=1S/C25H30N2O4/c1-17(26-19-12-14-20(31-2)15-13-19)11-16-22(21-9-6-10-23(21)25(29)30)24(28)27-18-7-4-3-5-8-18/h3-5,7-8,12-15,17,22,26H,6,9-11,16H2,1-2H3,(H,27,28)(H,29,30). The molecule has 0 saturated heterocycles. The number of aliphatic carboxylic acids is 1. The van der Waals surface area contributed by atoms with Gasteiger partial charge >= 0.3 is 5.97 Å². The minimum Gasteiger partial charge on any atom is -0.497 e. The highest BCUT2D eigenvalue weighted by Crippen LogP contribution is 2.35. The summed E-state index contributed by atoms with van der Waals surface area (Å²) in [6.07, 6.45) is 3.28. The second kappa shape index (κ2) is 10.7. The van der Waals surface area contributed by atoms with Gasteiger partial charge in [0.2, 0.25) is 5.91 Å². The highest BCUT2D eigenvalue weighted by Gasteiger charge is 2.31. The van der Waals surface area contributed by atoms with E-state index in [1.807, 2.05) is 54.6 Å². The molecule has 6 heteroatoms. The van der Waals surface area contributed by atoms with Crippen LogP contribution >= 0.6 is 0 Å². The van der Waals surface area contributed by atoms with Crippen LogP contribution in [-0.2, 0) is 9.59 Å². The van der Waals surface area contributed by atoms with Gasteiger partial charge in [0.25, 0.3) is 0 Å². The smallest absolute Gasteiger partial charge is 0.331 e. The number of rotatable bonds is 10. The highest BCUT2D eigenvalue weighted by molar-refractivity contribution is 5.97. The molecule has 1 amide bonds. The predicted octanol–water partition coefficient (Wildman–Crippen LogP) is 5.10. The van der Waals surface area contributed by atoms with E-state index < -0.39 is 11.9 Å². The fraction of sp³-hybridized carbons (Fsp3) is 0.360. The second-order valence-electron chi connectivity index (χ2n) is 7.92. The Kier molecular flexibility index (Phi) is 7.70. The Labute approximate surface area is 183 Å². The second-order valence-corrected chi connectivity index (χ2v) is 7.92. The van der Waals surface area contributed by atoms with Gasteiger partial charge in [-0.2, -0.15) is 0 Å². The number of ether oxygens (including phenoxy) is 1. The summed E-state index contributed by atoms with van der Waals surface area (Å²) in [5.41, 5.74) is 2.88. The van der Waals surface area contributed by atoms with Crippen molar-refractivity contribution in [3.63, 3.8) is 0 Å². The number of hydrogen-bond donors (Lipinski definition) is 3. The van der Waals surface area contributed by atoms with Crippen LogP contribution in [0.15, 0.2) is 65.7 Å². The van der Waals surface area contributed by atoms with Gasteiger partial charge in [-0.15, -0.1) is 0 Å². The Hall–Kier alpha value is -3.28. The van der Waals surface area contributed by atoms with Crippen LogP contribution in [0.4, 0.5) is 11.4 Å². The summed E-state index contributed by atoms with van der Waals surface area (Å²) in [4.78, 5) is 24.9. The van der Waals surface area contributed by atoms with E-state index in [2.05, 4.69) is 17.6 Å². The van der Waals surface area contributed by atoms with Crippen molar-refractivity contribution >= 4 is 23.3 Å². The Bertz CT molecular complexity index is 922. The minimum absolute atomic E-state index is 0.121. The highest BCUT2D eigenvalue weighted by atomic mass is 16.5. The van der Waals surface area contributed by atoms with Crippen molar-refractivity contribution in [1.82, 2.24) is 0 Å². The zero-order valence-corrected chi connectivity index (χ0v) is 18.1. The van der Waals surface area contributed by atoms with E-state index in [-0.39, 0.29) is 11.9 Å². The van der Waals surface area contributed by atoms with Gasteiger partial charge in [0, 0.05) is 23.0 Å². The maximum absolute atomic E-state index is 13.1. The first kappa shape index (κ1) is 22.4. The molecule has 1 aliphatic rings. The van der Waals surface area contributed by atoms with Gasteiger partial charge in [0.1, 0.15) is 5.75 Å². The van der Waals surface area contributed by atoms with Crippen LogP contribution in [0.25, 0.3) is 0 Å². The summed E-state index contributed by atoms with van der Waals surface area (Å²) in [6.45, 7) is 2.07. The molecule has 0 radical (unpaired) electrons. The fourth-order valence-corrected chi connectivity index (χ4v) is 4.07. The molecule has 6 nitrogen and oxygen atoms in total. The van der Waals surface area contributed by atoms with Crippen LogP contribution in [-0.4, -0.2) is 30.1 Å². The topological polar surface area (TPSA) is 87.7 Å².